The van der Waals surface area contributed by atoms with Crippen LogP contribution >= 0.6 is 15.9 Å². The molecule has 3 N–H and O–H groups in total. The van der Waals surface area contributed by atoms with Gasteiger partial charge in [0.1, 0.15) is 10.4 Å². The molecule has 2 fully saturated rings. The molecule has 3 rings (SSSR count). The van der Waals surface area contributed by atoms with Crippen molar-refractivity contribution in [1.82, 2.24) is 15.6 Å². The first-order valence-corrected chi connectivity index (χ1v) is 9.80. The molecule has 0 aromatic carbocycles. The Morgan fingerprint density at radius 1 is 1.46 bits per heavy atom. The molecule has 3 atom stereocenters. The lowest BCUT2D eigenvalue weighted by atomic mass is 9.99. The summed E-state index contributed by atoms with van der Waals surface area (Å²) >= 11 is 3.33. The van der Waals surface area contributed by atoms with Crippen molar-refractivity contribution < 1.29 is 9.59 Å². The second-order valence-corrected chi connectivity index (χ2v) is 8.10. The highest BCUT2D eigenvalue weighted by molar-refractivity contribution is 9.10. The molecular formula is C19H25BrN4O2. The maximum absolute atomic E-state index is 12.6. The van der Waals surface area contributed by atoms with Crippen LogP contribution in [0.5, 0.6) is 0 Å². The molecule has 1 saturated heterocycles. The monoisotopic (exact) mass is 420 g/mol. The second-order valence-electron chi connectivity index (χ2n) is 7.29. The third-order valence-electron chi connectivity index (χ3n) is 5.27. The Labute approximate surface area is 162 Å². The number of pyridine rings is 1. The summed E-state index contributed by atoms with van der Waals surface area (Å²) in [6.07, 6.45) is 5.79. The Balaban J connectivity index is 1.49. The molecule has 1 aliphatic carbocycles. The molecule has 2 amide bonds. The van der Waals surface area contributed by atoms with Gasteiger partial charge in [-0.25, -0.2) is 4.98 Å². The van der Waals surface area contributed by atoms with E-state index in [1.165, 1.54) is 0 Å². The Kier molecular flexibility index (Phi) is 5.77. The first-order valence-electron chi connectivity index (χ1n) is 9.01. The molecule has 0 radical (unpaired) electrons. The quantitative estimate of drug-likeness (QED) is 0.343. The summed E-state index contributed by atoms with van der Waals surface area (Å²) < 4.78 is 0.691. The highest BCUT2D eigenvalue weighted by Crippen LogP contribution is 2.54. The number of rotatable bonds is 8. The van der Waals surface area contributed by atoms with Gasteiger partial charge >= 0.3 is 0 Å². The third-order valence-corrected chi connectivity index (χ3v) is 5.72. The number of hydrogen-bond acceptors (Lipinski definition) is 4. The fourth-order valence-electron chi connectivity index (χ4n) is 3.56. The van der Waals surface area contributed by atoms with Crippen LogP contribution in [0.15, 0.2) is 29.4 Å². The molecule has 1 saturated carbocycles. The minimum atomic E-state index is -0.244. The largest absolute Gasteiger partial charge is 0.355 e. The van der Waals surface area contributed by atoms with E-state index in [-0.39, 0.29) is 23.3 Å². The van der Waals surface area contributed by atoms with Gasteiger partial charge in [-0.05, 0) is 60.2 Å². The molecule has 1 aromatic heterocycles. The Hall–Kier alpha value is -1.73. The molecule has 1 aromatic rings. The first-order chi connectivity index (χ1) is 12.4. The van der Waals surface area contributed by atoms with E-state index in [9.17, 15) is 9.59 Å². The van der Waals surface area contributed by atoms with Crippen LogP contribution in [0.1, 0.15) is 37.7 Å². The van der Waals surface area contributed by atoms with Gasteiger partial charge in [0, 0.05) is 24.4 Å². The van der Waals surface area contributed by atoms with Crippen molar-refractivity contribution in [3.8, 4) is 0 Å². The van der Waals surface area contributed by atoms with Gasteiger partial charge in [0.25, 0.3) is 0 Å². The van der Waals surface area contributed by atoms with E-state index < -0.39 is 0 Å². The van der Waals surface area contributed by atoms with E-state index in [1.807, 2.05) is 25.1 Å². The van der Waals surface area contributed by atoms with E-state index in [0.29, 0.717) is 29.4 Å². The van der Waals surface area contributed by atoms with E-state index in [4.69, 9.17) is 0 Å². The van der Waals surface area contributed by atoms with E-state index in [0.717, 1.165) is 31.2 Å². The molecule has 3 unspecified atom stereocenters. The number of carbonyl (C=O) groups excluding carboxylic acids is 2. The van der Waals surface area contributed by atoms with Crippen molar-refractivity contribution in [2.75, 3.05) is 11.9 Å². The Morgan fingerprint density at radius 3 is 3.04 bits per heavy atom. The van der Waals surface area contributed by atoms with Gasteiger partial charge in [-0.2, -0.15) is 0 Å². The van der Waals surface area contributed by atoms with E-state index >= 15 is 0 Å². The average Bonchev–Trinajstić information content (AvgIpc) is 3.17. The molecule has 0 bridgehead atoms. The van der Waals surface area contributed by atoms with Crippen LogP contribution in [0.4, 0.5) is 5.82 Å². The number of halogens is 1. The fourth-order valence-corrected chi connectivity index (χ4v) is 3.87. The molecule has 2 aliphatic rings. The van der Waals surface area contributed by atoms with Crippen molar-refractivity contribution in [3.63, 3.8) is 0 Å². The predicted octanol–water partition coefficient (Wildman–Crippen LogP) is 2.68. The Bertz CT molecular complexity index is 723. The number of piperidine rings is 1. The smallest absolute Gasteiger partial charge is 0.242 e. The van der Waals surface area contributed by atoms with Crippen molar-refractivity contribution in [2.24, 2.45) is 5.41 Å². The van der Waals surface area contributed by atoms with Gasteiger partial charge < -0.3 is 16.0 Å². The number of aryl methyl sites for hydroxylation is 1. The molecule has 140 valence electrons. The van der Waals surface area contributed by atoms with Gasteiger partial charge in [0.2, 0.25) is 11.8 Å². The number of carbonyl (C=O) groups is 2. The van der Waals surface area contributed by atoms with Crippen molar-refractivity contribution in [2.45, 2.75) is 51.1 Å². The molecule has 0 spiro atoms. The normalized spacial score (nSPS) is 26.1. The average molecular weight is 421 g/mol. The number of nitrogens with zero attached hydrogens (tertiary/aromatic N) is 1. The van der Waals surface area contributed by atoms with Crippen LogP contribution in [-0.4, -0.2) is 35.4 Å². The standard InChI is InChI=1S/C19H25BrN4O2/c1-3-4-5-6-16(25)21-11-19-9-13(22-14(19)10-19)18(26)24-17-12(2)7-8-15(20)23-17/h3,7-8,13-14,22H,1,4-6,9-11H2,2H3,(H,21,25)(H,23,24,26). The lowest BCUT2D eigenvalue weighted by molar-refractivity contribution is -0.121. The molecule has 2 heterocycles. The number of allylic oxidation sites excluding steroid dienone is 1. The first kappa shape index (κ1) is 19.0. The zero-order valence-corrected chi connectivity index (χ0v) is 16.6. The highest BCUT2D eigenvalue weighted by atomic mass is 79.9. The van der Waals surface area contributed by atoms with Crippen LogP contribution in [0.3, 0.4) is 0 Å². The molecular weight excluding hydrogens is 396 g/mol. The zero-order valence-electron chi connectivity index (χ0n) is 15.0. The van der Waals surface area contributed by atoms with Gasteiger partial charge in [-0.3, -0.25) is 9.59 Å². The lowest BCUT2D eigenvalue weighted by Gasteiger charge is -2.17. The number of aromatic nitrogens is 1. The van der Waals surface area contributed by atoms with Gasteiger partial charge in [0.05, 0.1) is 6.04 Å². The summed E-state index contributed by atoms with van der Waals surface area (Å²) in [5, 5.41) is 9.32. The molecule has 1 aliphatic heterocycles. The maximum Gasteiger partial charge on any atom is 0.242 e. The summed E-state index contributed by atoms with van der Waals surface area (Å²) in [6, 6.07) is 3.82. The van der Waals surface area contributed by atoms with Crippen LogP contribution in [-0.2, 0) is 9.59 Å². The van der Waals surface area contributed by atoms with Gasteiger partial charge in [-0.15, -0.1) is 6.58 Å². The maximum atomic E-state index is 12.6. The summed E-state index contributed by atoms with van der Waals surface area (Å²) in [7, 11) is 0. The van der Waals surface area contributed by atoms with Crippen molar-refractivity contribution in [1.29, 1.82) is 0 Å². The van der Waals surface area contributed by atoms with Crippen LogP contribution < -0.4 is 16.0 Å². The predicted molar refractivity (Wildman–Crippen MR) is 105 cm³/mol. The minimum absolute atomic E-state index is 0.0237. The number of nitrogens with one attached hydrogen (secondary N) is 3. The second kappa shape index (κ2) is 7.88. The highest BCUT2D eigenvalue weighted by Gasteiger charge is 2.61. The number of anilines is 1. The number of amides is 2. The van der Waals surface area contributed by atoms with Crippen LogP contribution in [0.2, 0.25) is 0 Å². The number of unbranched alkanes of at least 4 members (excludes halogenated alkanes) is 1. The SMILES string of the molecule is C=CCCCC(=O)NCC12CC(C(=O)Nc3nc(Br)ccc3C)NC1C2. The lowest BCUT2D eigenvalue weighted by Crippen LogP contribution is -2.38. The molecule has 6 nitrogen and oxygen atoms in total. The minimum Gasteiger partial charge on any atom is -0.355 e. The zero-order chi connectivity index (χ0) is 18.7. The topological polar surface area (TPSA) is 83.1 Å². The number of fused-ring (bicyclic) bond motifs is 1. The molecule has 26 heavy (non-hydrogen) atoms. The van der Waals surface area contributed by atoms with Crippen LogP contribution in [0.25, 0.3) is 0 Å². The summed E-state index contributed by atoms with van der Waals surface area (Å²) in [5.41, 5.74) is 0.946. The number of hydrogen-bond donors (Lipinski definition) is 3. The third kappa shape index (κ3) is 4.32. The Morgan fingerprint density at radius 2 is 2.27 bits per heavy atom. The van der Waals surface area contributed by atoms with E-state index in [1.54, 1.807) is 0 Å². The van der Waals surface area contributed by atoms with Crippen molar-refractivity contribution >= 4 is 33.6 Å². The van der Waals surface area contributed by atoms with Gasteiger partial charge in [-0.1, -0.05) is 12.1 Å². The van der Waals surface area contributed by atoms with Crippen molar-refractivity contribution in [3.05, 3.63) is 35.0 Å². The molecule has 7 heteroatoms. The summed E-state index contributed by atoms with van der Waals surface area (Å²) in [6.45, 7) is 6.21. The van der Waals surface area contributed by atoms with Crippen LogP contribution in [0, 0.1) is 12.3 Å². The van der Waals surface area contributed by atoms with E-state index in [2.05, 4.69) is 43.4 Å². The summed E-state index contributed by atoms with van der Waals surface area (Å²) in [4.78, 5) is 28.8. The summed E-state index contributed by atoms with van der Waals surface area (Å²) in [5.74, 6) is 0.590. The van der Waals surface area contributed by atoms with Gasteiger partial charge in [0.15, 0.2) is 0 Å². The fraction of sp³-hybridized carbons (Fsp3) is 0.526.